The Balaban J connectivity index is 1.91. The molecule has 0 bridgehead atoms. The van der Waals surface area contributed by atoms with Gasteiger partial charge in [0.1, 0.15) is 0 Å². The molecule has 0 radical (unpaired) electrons. The second kappa shape index (κ2) is 6.01. The molecule has 1 unspecified atom stereocenters. The summed E-state index contributed by atoms with van der Waals surface area (Å²) in [5, 5.41) is 10.6. The van der Waals surface area contributed by atoms with Crippen LogP contribution in [0.1, 0.15) is 31.2 Å². The van der Waals surface area contributed by atoms with E-state index in [1.165, 1.54) is 6.42 Å². The molecule has 0 amide bonds. The van der Waals surface area contributed by atoms with E-state index in [0.29, 0.717) is 4.83 Å². The molecule has 1 fully saturated rings. The van der Waals surface area contributed by atoms with Gasteiger partial charge in [-0.15, -0.1) is 0 Å². The van der Waals surface area contributed by atoms with Gasteiger partial charge in [-0.25, -0.2) is 0 Å². The molecule has 4 nitrogen and oxygen atoms in total. The van der Waals surface area contributed by atoms with Crippen molar-refractivity contribution < 1.29 is 9.66 Å². The van der Waals surface area contributed by atoms with Crippen molar-refractivity contribution in [1.82, 2.24) is 0 Å². The van der Waals surface area contributed by atoms with E-state index in [0.717, 1.165) is 31.2 Å². The molecular formula is C14H18BrNO3. The van der Waals surface area contributed by atoms with E-state index >= 15 is 0 Å². The van der Waals surface area contributed by atoms with Gasteiger partial charge in [0.25, 0.3) is 5.69 Å². The molecule has 0 aliphatic heterocycles. The molecule has 2 rings (SSSR count). The van der Waals surface area contributed by atoms with Gasteiger partial charge >= 0.3 is 0 Å². The van der Waals surface area contributed by atoms with Crippen LogP contribution in [0.15, 0.2) is 24.3 Å². The highest BCUT2D eigenvalue weighted by Gasteiger charge is 2.38. The van der Waals surface area contributed by atoms with Gasteiger partial charge in [-0.3, -0.25) is 10.1 Å². The maximum Gasteiger partial charge on any atom is 0.269 e. The van der Waals surface area contributed by atoms with Crippen molar-refractivity contribution in [3.8, 4) is 0 Å². The predicted molar refractivity (Wildman–Crippen MR) is 77.7 cm³/mol. The lowest BCUT2D eigenvalue weighted by Crippen LogP contribution is -2.41. The SMILES string of the molecule is COC1(CC(Br)Cc2ccc([N+](=O)[O-])cc2)CCC1. The van der Waals surface area contributed by atoms with Gasteiger partial charge in [0.2, 0.25) is 0 Å². The quantitative estimate of drug-likeness (QED) is 0.453. The largest absolute Gasteiger partial charge is 0.378 e. The van der Waals surface area contributed by atoms with E-state index in [2.05, 4.69) is 15.9 Å². The average molecular weight is 328 g/mol. The molecule has 0 spiro atoms. The van der Waals surface area contributed by atoms with Crippen LogP contribution in [0, 0.1) is 10.1 Å². The van der Waals surface area contributed by atoms with Crippen LogP contribution in [-0.2, 0) is 11.2 Å². The van der Waals surface area contributed by atoms with Crippen LogP contribution in [0.3, 0.4) is 0 Å². The summed E-state index contributed by atoms with van der Waals surface area (Å²) in [7, 11) is 1.78. The monoisotopic (exact) mass is 327 g/mol. The maximum absolute atomic E-state index is 10.6. The molecule has 104 valence electrons. The number of alkyl halides is 1. The van der Waals surface area contributed by atoms with Gasteiger partial charge in [-0.2, -0.15) is 0 Å². The Morgan fingerprint density at radius 2 is 2.05 bits per heavy atom. The zero-order valence-electron chi connectivity index (χ0n) is 11.0. The predicted octanol–water partition coefficient (Wildman–Crippen LogP) is 3.86. The summed E-state index contributed by atoms with van der Waals surface area (Å²) in [6, 6.07) is 6.77. The lowest BCUT2D eigenvalue weighted by atomic mass is 9.76. The minimum atomic E-state index is -0.371. The number of non-ortho nitro benzene ring substituents is 1. The Labute approximate surface area is 121 Å². The normalized spacial score (nSPS) is 18.6. The van der Waals surface area contributed by atoms with Crippen molar-refractivity contribution in [3.05, 3.63) is 39.9 Å². The Morgan fingerprint density at radius 3 is 2.47 bits per heavy atom. The third-order valence-corrected chi connectivity index (χ3v) is 4.54. The van der Waals surface area contributed by atoms with Crippen LogP contribution in [-0.4, -0.2) is 22.5 Å². The molecule has 1 aromatic rings. The number of ether oxygens (including phenoxy) is 1. The molecular weight excluding hydrogens is 310 g/mol. The first-order chi connectivity index (χ1) is 9.04. The van der Waals surface area contributed by atoms with Crippen molar-refractivity contribution in [3.63, 3.8) is 0 Å². The highest BCUT2D eigenvalue weighted by atomic mass is 79.9. The van der Waals surface area contributed by atoms with E-state index in [1.54, 1.807) is 19.2 Å². The van der Waals surface area contributed by atoms with Crippen LogP contribution in [0.25, 0.3) is 0 Å². The number of halogens is 1. The van der Waals surface area contributed by atoms with Gasteiger partial charge in [0.05, 0.1) is 10.5 Å². The number of hydrogen-bond donors (Lipinski definition) is 0. The first-order valence-electron chi connectivity index (χ1n) is 6.47. The van der Waals surface area contributed by atoms with Gasteiger partial charge in [-0.1, -0.05) is 28.1 Å². The zero-order valence-corrected chi connectivity index (χ0v) is 12.6. The standard InChI is InChI=1S/C14H18BrNO3/c1-19-14(7-2-8-14)10-12(15)9-11-3-5-13(6-4-11)16(17)18/h3-6,12H,2,7-10H2,1H3. The Morgan fingerprint density at radius 1 is 1.42 bits per heavy atom. The van der Waals surface area contributed by atoms with E-state index in [4.69, 9.17) is 4.74 Å². The minimum absolute atomic E-state index is 0.0505. The van der Waals surface area contributed by atoms with E-state index in [9.17, 15) is 10.1 Å². The number of nitro groups is 1. The van der Waals surface area contributed by atoms with E-state index in [-0.39, 0.29) is 16.2 Å². The molecule has 1 saturated carbocycles. The van der Waals surface area contributed by atoms with Crippen LogP contribution < -0.4 is 0 Å². The number of methoxy groups -OCH3 is 1. The zero-order chi connectivity index (χ0) is 13.9. The van der Waals surface area contributed by atoms with Gasteiger partial charge in [0.15, 0.2) is 0 Å². The molecule has 1 aliphatic carbocycles. The van der Waals surface area contributed by atoms with Crippen LogP contribution in [0.2, 0.25) is 0 Å². The van der Waals surface area contributed by atoms with Crippen molar-refractivity contribution in [2.75, 3.05) is 7.11 Å². The summed E-state index contributed by atoms with van der Waals surface area (Å²) in [4.78, 5) is 10.6. The third-order valence-electron chi connectivity index (χ3n) is 3.90. The van der Waals surface area contributed by atoms with Gasteiger partial charge < -0.3 is 4.74 Å². The van der Waals surface area contributed by atoms with Crippen LogP contribution in [0.5, 0.6) is 0 Å². The van der Waals surface area contributed by atoms with Crippen LogP contribution in [0.4, 0.5) is 5.69 Å². The number of rotatable bonds is 6. The summed E-state index contributed by atoms with van der Waals surface area (Å²) in [6.07, 6.45) is 5.35. The molecule has 5 heteroatoms. The lowest BCUT2D eigenvalue weighted by Gasteiger charge is -2.42. The molecule has 1 aromatic carbocycles. The maximum atomic E-state index is 10.6. The first kappa shape index (κ1) is 14.5. The van der Waals surface area contributed by atoms with Crippen molar-refractivity contribution in [2.24, 2.45) is 0 Å². The fourth-order valence-electron chi connectivity index (χ4n) is 2.55. The first-order valence-corrected chi connectivity index (χ1v) is 7.39. The summed E-state index contributed by atoms with van der Waals surface area (Å²) in [6.45, 7) is 0. The molecule has 19 heavy (non-hydrogen) atoms. The third kappa shape index (κ3) is 3.54. The molecule has 1 atom stereocenters. The number of hydrogen-bond acceptors (Lipinski definition) is 3. The van der Waals surface area contributed by atoms with E-state index in [1.807, 2.05) is 12.1 Å². The second-order valence-corrected chi connectivity index (χ2v) is 6.46. The summed E-state index contributed by atoms with van der Waals surface area (Å²) >= 11 is 3.70. The highest BCUT2D eigenvalue weighted by Crippen LogP contribution is 2.40. The van der Waals surface area contributed by atoms with Crippen molar-refractivity contribution in [1.29, 1.82) is 0 Å². The minimum Gasteiger partial charge on any atom is -0.378 e. The molecule has 0 saturated heterocycles. The number of nitro benzene ring substituents is 1. The number of benzene rings is 1. The van der Waals surface area contributed by atoms with Gasteiger partial charge in [-0.05, 0) is 37.7 Å². The van der Waals surface area contributed by atoms with Crippen LogP contribution >= 0.6 is 15.9 Å². The summed E-state index contributed by atoms with van der Waals surface area (Å²) < 4.78 is 5.61. The average Bonchev–Trinajstić information content (AvgIpc) is 2.34. The Bertz CT molecular complexity index is 437. The molecule has 1 aliphatic rings. The Hall–Kier alpha value is -0.940. The summed E-state index contributed by atoms with van der Waals surface area (Å²) in [5.41, 5.74) is 1.30. The molecule has 0 heterocycles. The Kier molecular flexibility index (Phi) is 4.58. The number of nitrogens with zero attached hydrogens (tertiary/aromatic N) is 1. The van der Waals surface area contributed by atoms with E-state index < -0.39 is 0 Å². The molecule has 0 aromatic heterocycles. The fraction of sp³-hybridized carbons (Fsp3) is 0.571. The fourth-order valence-corrected chi connectivity index (χ4v) is 3.51. The molecule has 0 N–H and O–H groups in total. The highest BCUT2D eigenvalue weighted by molar-refractivity contribution is 9.09. The van der Waals surface area contributed by atoms with Crippen molar-refractivity contribution in [2.45, 2.75) is 42.5 Å². The smallest absolute Gasteiger partial charge is 0.269 e. The second-order valence-electron chi connectivity index (χ2n) is 5.17. The summed E-state index contributed by atoms with van der Waals surface area (Å²) in [5.74, 6) is 0. The van der Waals surface area contributed by atoms with Crippen molar-refractivity contribution >= 4 is 21.6 Å². The van der Waals surface area contributed by atoms with Gasteiger partial charge in [0, 0.05) is 24.1 Å². The lowest BCUT2D eigenvalue weighted by molar-refractivity contribution is -0.384. The topological polar surface area (TPSA) is 52.4 Å².